The zero-order chi connectivity index (χ0) is 19.1. The van der Waals surface area contributed by atoms with E-state index < -0.39 is 0 Å². The fraction of sp³-hybridized carbons (Fsp3) is 0.318. The Kier molecular flexibility index (Phi) is 6.36. The summed E-state index contributed by atoms with van der Waals surface area (Å²) in [4.78, 5) is 17.1. The molecule has 27 heavy (non-hydrogen) atoms. The molecule has 0 aliphatic heterocycles. The second-order valence-electron chi connectivity index (χ2n) is 6.45. The van der Waals surface area contributed by atoms with Crippen molar-refractivity contribution in [3.05, 3.63) is 65.9 Å². The fourth-order valence-electron chi connectivity index (χ4n) is 3.13. The normalized spacial score (nSPS) is 10.7. The molecule has 0 bridgehead atoms. The van der Waals surface area contributed by atoms with Crippen LogP contribution in [0.4, 0.5) is 4.79 Å². The Morgan fingerprint density at radius 1 is 1.11 bits per heavy atom. The zero-order valence-electron chi connectivity index (χ0n) is 16.0. The monoisotopic (exact) mass is 365 g/mol. The molecule has 1 heterocycles. The highest BCUT2D eigenvalue weighted by molar-refractivity contribution is 5.84. The largest absolute Gasteiger partial charge is 0.489 e. The van der Waals surface area contributed by atoms with Crippen LogP contribution in [0.2, 0.25) is 0 Å². The van der Waals surface area contributed by atoms with Gasteiger partial charge in [0.05, 0.1) is 0 Å². The van der Waals surface area contributed by atoms with Gasteiger partial charge in [0.25, 0.3) is 0 Å². The lowest BCUT2D eigenvalue weighted by Crippen LogP contribution is -2.40. The maximum Gasteiger partial charge on any atom is 0.317 e. The second kappa shape index (κ2) is 9.12. The molecule has 0 radical (unpaired) electrons. The van der Waals surface area contributed by atoms with Crippen LogP contribution in [0.1, 0.15) is 25.0 Å². The Labute approximate surface area is 160 Å². The molecular weight excluding hydrogens is 338 g/mol. The third-order valence-corrected chi connectivity index (χ3v) is 4.71. The van der Waals surface area contributed by atoms with Crippen LogP contribution in [0.15, 0.2) is 54.7 Å². The van der Waals surface area contributed by atoms with E-state index in [-0.39, 0.29) is 6.03 Å². The van der Waals surface area contributed by atoms with E-state index in [2.05, 4.69) is 28.5 Å². The highest BCUT2D eigenvalue weighted by atomic mass is 16.5. The number of amides is 2. The van der Waals surface area contributed by atoms with Gasteiger partial charge in [0.1, 0.15) is 12.4 Å². The number of aromatic amines is 1. The van der Waals surface area contributed by atoms with E-state index in [1.54, 1.807) is 4.90 Å². The van der Waals surface area contributed by atoms with Crippen molar-refractivity contribution in [1.29, 1.82) is 0 Å². The van der Waals surface area contributed by atoms with Crippen molar-refractivity contribution in [2.45, 2.75) is 26.9 Å². The Bertz CT molecular complexity index is 870. The van der Waals surface area contributed by atoms with Crippen LogP contribution in [0.5, 0.6) is 5.75 Å². The number of nitrogens with zero attached hydrogens (tertiary/aromatic N) is 1. The maximum absolute atomic E-state index is 12.0. The molecule has 3 rings (SSSR count). The van der Waals surface area contributed by atoms with Crippen LogP contribution in [0, 0.1) is 0 Å². The van der Waals surface area contributed by atoms with Gasteiger partial charge in [-0.25, -0.2) is 4.79 Å². The van der Waals surface area contributed by atoms with Crippen molar-refractivity contribution in [3.63, 3.8) is 0 Å². The summed E-state index contributed by atoms with van der Waals surface area (Å²) < 4.78 is 5.89. The number of hydrogen-bond donors (Lipinski definition) is 2. The summed E-state index contributed by atoms with van der Waals surface area (Å²) in [5, 5.41) is 4.15. The number of carbonyl (C=O) groups is 1. The summed E-state index contributed by atoms with van der Waals surface area (Å²) in [6, 6.07) is 16.2. The van der Waals surface area contributed by atoms with E-state index in [1.807, 2.05) is 50.4 Å². The Morgan fingerprint density at radius 2 is 1.89 bits per heavy atom. The van der Waals surface area contributed by atoms with Gasteiger partial charge in [-0.3, -0.25) is 0 Å². The van der Waals surface area contributed by atoms with Gasteiger partial charge >= 0.3 is 6.03 Å². The van der Waals surface area contributed by atoms with Crippen LogP contribution < -0.4 is 10.1 Å². The lowest BCUT2D eigenvalue weighted by molar-refractivity contribution is 0.203. The average molecular weight is 365 g/mol. The molecule has 0 spiro atoms. The zero-order valence-corrected chi connectivity index (χ0v) is 16.0. The second-order valence-corrected chi connectivity index (χ2v) is 6.45. The molecule has 1 aromatic heterocycles. The quantitative estimate of drug-likeness (QED) is 0.624. The molecule has 142 valence electrons. The highest BCUT2D eigenvalue weighted by Crippen LogP contribution is 2.24. The minimum atomic E-state index is -0.00330. The van der Waals surface area contributed by atoms with Gasteiger partial charge < -0.3 is 19.9 Å². The standard InChI is InChI=1S/C22H27N3O2/c1-3-25(4-2)22(26)23-13-12-18-15-24-21-14-19(10-11-20(18)21)27-16-17-8-6-5-7-9-17/h5-11,14-15,24H,3-4,12-13,16H2,1-2H3,(H,23,26). The number of aromatic nitrogens is 1. The van der Waals surface area contributed by atoms with Crippen molar-refractivity contribution >= 4 is 16.9 Å². The van der Waals surface area contributed by atoms with Gasteiger partial charge in [-0.15, -0.1) is 0 Å². The van der Waals surface area contributed by atoms with E-state index in [9.17, 15) is 4.79 Å². The molecule has 2 aromatic carbocycles. The van der Waals surface area contributed by atoms with Crippen molar-refractivity contribution in [2.24, 2.45) is 0 Å². The smallest absolute Gasteiger partial charge is 0.317 e. The fourth-order valence-corrected chi connectivity index (χ4v) is 3.13. The Balaban J connectivity index is 1.58. The molecule has 3 aromatic rings. The van der Waals surface area contributed by atoms with Gasteiger partial charge in [0, 0.05) is 42.8 Å². The van der Waals surface area contributed by atoms with Gasteiger partial charge in [-0.1, -0.05) is 30.3 Å². The van der Waals surface area contributed by atoms with E-state index in [1.165, 1.54) is 10.9 Å². The Morgan fingerprint density at radius 3 is 2.63 bits per heavy atom. The number of carbonyl (C=O) groups excluding carboxylic acids is 1. The highest BCUT2D eigenvalue weighted by Gasteiger charge is 2.09. The molecule has 0 atom stereocenters. The number of benzene rings is 2. The third-order valence-electron chi connectivity index (χ3n) is 4.71. The molecule has 2 N–H and O–H groups in total. The SMILES string of the molecule is CCN(CC)C(=O)NCCc1c[nH]c2cc(OCc3ccccc3)ccc12. The van der Waals surface area contributed by atoms with E-state index in [4.69, 9.17) is 4.74 Å². The number of rotatable bonds is 8. The number of urea groups is 1. The summed E-state index contributed by atoms with van der Waals surface area (Å²) in [6.07, 6.45) is 2.80. The Hall–Kier alpha value is -2.95. The first-order valence-electron chi connectivity index (χ1n) is 9.50. The minimum Gasteiger partial charge on any atom is -0.489 e. The summed E-state index contributed by atoms with van der Waals surface area (Å²) in [5.74, 6) is 0.842. The molecule has 0 aliphatic carbocycles. The van der Waals surface area contributed by atoms with Crippen LogP contribution in [-0.2, 0) is 13.0 Å². The minimum absolute atomic E-state index is 0.00330. The molecule has 5 nitrogen and oxygen atoms in total. The van der Waals surface area contributed by atoms with Gasteiger partial charge in [0.15, 0.2) is 0 Å². The lowest BCUT2D eigenvalue weighted by atomic mass is 10.1. The predicted molar refractivity (Wildman–Crippen MR) is 109 cm³/mol. The number of fused-ring (bicyclic) bond motifs is 1. The summed E-state index contributed by atoms with van der Waals surface area (Å²) in [6.45, 7) is 6.59. The molecule has 2 amide bonds. The molecule has 5 heteroatoms. The average Bonchev–Trinajstić information content (AvgIpc) is 3.10. The molecule has 0 aliphatic rings. The van der Waals surface area contributed by atoms with E-state index in [0.29, 0.717) is 13.2 Å². The molecule has 0 fully saturated rings. The number of hydrogen-bond acceptors (Lipinski definition) is 2. The first-order chi connectivity index (χ1) is 13.2. The molecule has 0 saturated carbocycles. The van der Waals surface area contributed by atoms with Crippen molar-refractivity contribution in [2.75, 3.05) is 19.6 Å². The summed E-state index contributed by atoms with van der Waals surface area (Å²) in [5.41, 5.74) is 3.39. The first-order valence-corrected chi connectivity index (χ1v) is 9.50. The summed E-state index contributed by atoms with van der Waals surface area (Å²) >= 11 is 0. The first kappa shape index (κ1) is 18.8. The van der Waals surface area contributed by atoms with Crippen molar-refractivity contribution in [3.8, 4) is 5.75 Å². The van der Waals surface area contributed by atoms with Crippen molar-refractivity contribution in [1.82, 2.24) is 15.2 Å². The van der Waals surface area contributed by atoms with Crippen LogP contribution in [-0.4, -0.2) is 35.5 Å². The number of ether oxygens (including phenoxy) is 1. The molecule has 0 saturated heterocycles. The predicted octanol–water partition coefficient (Wildman–Crippen LogP) is 4.34. The van der Waals surface area contributed by atoms with Gasteiger partial charge in [-0.2, -0.15) is 0 Å². The summed E-state index contributed by atoms with van der Waals surface area (Å²) in [7, 11) is 0. The molecular formula is C22H27N3O2. The number of H-pyrrole nitrogens is 1. The lowest BCUT2D eigenvalue weighted by Gasteiger charge is -2.19. The van der Waals surface area contributed by atoms with Crippen LogP contribution in [0.25, 0.3) is 10.9 Å². The van der Waals surface area contributed by atoms with Crippen LogP contribution >= 0.6 is 0 Å². The molecule has 0 unspecified atom stereocenters. The topological polar surface area (TPSA) is 57.4 Å². The maximum atomic E-state index is 12.0. The van der Waals surface area contributed by atoms with E-state index in [0.717, 1.165) is 36.3 Å². The van der Waals surface area contributed by atoms with Crippen molar-refractivity contribution < 1.29 is 9.53 Å². The number of nitrogens with one attached hydrogen (secondary N) is 2. The van der Waals surface area contributed by atoms with Gasteiger partial charge in [-0.05, 0) is 43.5 Å². The van der Waals surface area contributed by atoms with Gasteiger partial charge in [0.2, 0.25) is 0 Å². The third kappa shape index (κ3) is 4.82. The van der Waals surface area contributed by atoms with Crippen LogP contribution in [0.3, 0.4) is 0 Å². The van der Waals surface area contributed by atoms with E-state index >= 15 is 0 Å².